The minimum atomic E-state index is 0. The van der Waals surface area contributed by atoms with Crippen LogP contribution in [-0.2, 0) is 0 Å². The van der Waals surface area contributed by atoms with Crippen molar-refractivity contribution in [3.63, 3.8) is 0 Å². The lowest BCUT2D eigenvalue weighted by Crippen LogP contribution is -2.47. The van der Waals surface area contributed by atoms with E-state index in [9.17, 15) is 0 Å². The Morgan fingerprint density at radius 3 is 2.48 bits per heavy atom. The number of nitrogens with one attached hydrogen (secondary N) is 1. The van der Waals surface area contributed by atoms with Gasteiger partial charge in [-0.2, -0.15) is 0 Å². The first-order valence-electron chi connectivity index (χ1n) is 11.9. The van der Waals surface area contributed by atoms with Gasteiger partial charge in [-0.25, -0.2) is 0 Å². The summed E-state index contributed by atoms with van der Waals surface area (Å²) in [7, 11) is 1.72. The predicted molar refractivity (Wildman–Crippen MR) is 146 cm³/mol. The van der Waals surface area contributed by atoms with Gasteiger partial charge in [-0.15, -0.1) is 24.0 Å². The van der Waals surface area contributed by atoms with E-state index in [1.807, 2.05) is 36.4 Å². The highest BCUT2D eigenvalue weighted by Gasteiger charge is 2.25. The lowest BCUT2D eigenvalue weighted by molar-refractivity contribution is 0.129. The van der Waals surface area contributed by atoms with Crippen LogP contribution in [0.1, 0.15) is 26.2 Å². The molecule has 2 saturated heterocycles. The fraction of sp³-hybridized carbons (Fsp3) is 0.500. The number of para-hydroxylation sites is 1. The van der Waals surface area contributed by atoms with E-state index < -0.39 is 0 Å². The highest BCUT2D eigenvalue weighted by molar-refractivity contribution is 14.0. The first-order valence-corrected chi connectivity index (χ1v) is 11.9. The molecule has 0 radical (unpaired) electrons. The largest absolute Gasteiger partial charge is 0.497 e. The molecule has 1 atom stereocenters. The molecule has 1 N–H and O–H groups in total. The molecule has 180 valence electrons. The lowest BCUT2D eigenvalue weighted by atomic mass is 10.1. The summed E-state index contributed by atoms with van der Waals surface area (Å²) in [6.45, 7) is 7.97. The smallest absolute Gasteiger partial charge is 0.193 e. The van der Waals surface area contributed by atoms with Crippen LogP contribution in [0.25, 0.3) is 0 Å². The van der Waals surface area contributed by atoms with Crippen LogP contribution in [0.15, 0.2) is 59.6 Å². The molecule has 2 heterocycles. The van der Waals surface area contributed by atoms with Crippen molar-refractivity contribution < 1.29 is 9.47 Å². The van der Waals surface area contributed by atoms with Crippen LogP contribution in [0.3, 0.4) is 0 Å². The third-order valence-electron chi connectivity index (χ3n) is 6.33. The van der Waals surface area contributed by atoms with Gasteiger partial charge in [0, 0.05) is 63.9 Å². The Kier molecular flexibility index (Phi) is 9.96. The quantitative estimate of drug-likeness (QED) is 0.302. The Labute approximate surface area is 215 Å². The molecule has 2 aliphatic rings. The molecule has 0 bridgehead atoms. The molecule has 7 heteroatoms. The minimum absolute atomic E-state index is 0. The number of hydrogen-bond acceptors (Lipinski definition) is 4. The third kappa shape index (κ3) is 7.16. The van der Waals surface area contributed by atoms with Gasteiger partial charge >= 0.3 is 0 Å². The van der Waals surface area contributed by atoms with Crippen LogP contribution in [0, 0.1) is 5.92 Å². The zero-order valence-corrected chi connectivity index (χ0v) is 22.1. The maximum absolute atomic E-state index is 6.15. The van der Waals surface area contributed by atoms with Crippen molar-refractivity contribution in [1.82, 2.24) is 10.2 Å². The Balaban J connectivity index is 0.00000306. The van der Waals surface area contributed by atoms with Gasteiger partial charge in [-0.05, 0) is 43.5 Å². The standard InChI is InChI=1S/C26H36N4O2.HI/c1-3-27-26(29-16-13-24(14-17-29)32-23-9-5-4-6-10-23)28-19-21-12-15-30(20-21)22-8-7-11-25(18-22)31-2;/h4-11,18,21,24H,3,12-17,19-20H2,1-2H3,(H,27,28);1H. The number of nitrogens with zero attached hydrogens (tertiary/aromatic N) is 3. The van der Waals surface area contributed by atoms with Crippen LogP contribution < -0.4 is 19.7 Å². The Morgan fingerprint density at radius 2 is 1.76 bits per heavy atom. The van der Waals surface area contributed by atoms with Crippen molar-refractivity contribution >= 4 is 35.6 Å². The molecule has 0 amide bonds. The molecule has 0 aliphatic carbocycles. The fourth-order valence-electron chi connectivity index (χ4n) is 4.54. The van der Waals surface area contributed by atoms with Crippen molar-refractivity contribution in [3.8, 4) is 11.5 Å². The number of halogens is 1. The summed E-state index contributed by atoms with van der Waals surface area (Å²) in [4.78, 5) is 9.87. The second-order valence-corrected chi connectivity index (χ2v) is 8.61. The van der Waals surface area contributed by atoms with E-state index in [-0.39, 0.29) is 30.1 Å². The van der Waals surface area contributed by atoms with Crippen molar-refractivity contribution in [2.45, 2.75) is 32.3 Å². The van der Waals surface area contributed by atoms with Gasteiger partial charge in [-0.3, -0.25) is 4.99 Å². The zero-order valence-electron chi connectivity index (χ0n) is 19.8. The number of guanidine groups is 1. The molecule has 2 fully saturated rings. The summed E-state index contributed by atoms with van der Waals surface area (Å²) in [5.41, 5.74) is 1.24. The molecule has 0 spiro atoms. The number of methoxy groups -OCH3 is 1. The van der Waals surface area contributed by atoms with Crippen molar-refractivity contribution in [3.05, 3.63) is 54.6 Å². The molecule has 0 saturated carbocycles. The summed E-state index contributed by atoms with van der Waals surface area (Å²) in [5, 5.41) is 3.50. The average molecular weight is 565 g/mol. The van der Waals surface area contributed by atoms with Crippen molar-refractivity contribution in [2.24, 2.45) is 10.9 Å². The number of rotatable bonds is 7. The molecule has 0 aromatic heterocycles. The topological polar surface area (TPSA) is 49.3 Å². The van der Waals surface area contributed by atoms with Crippen LogP contribution in [-0.4, -0.2) is 63.3 Å². The number of hydrogen-bond donors (Lipinski definition) is 1. The summed E-state index contributed by atoms with van der Waals surface area (Å²) >= 11 is 0. The number of likely N-dealkylation sites (tertiary alicyclic amines) is 1. The van der Waals surface area contributed by atoms with Crippen LogP contribution in [0.4, 0.5) is 5.69 Å². The van der Waals surface area contributed by atoms with Gasteiger partial charge < -0.3 is 24.6 Å². The molecule has 2 aromatic carbocycles. The monoisotopic (exact) mass is 564 g/mol. The maximum atomic E-state index is 6.15. The SMILES string of the molecule is CCNC(=NCC1CCN(c2cccc(OC)c2)C1)N1CCC(Oc2ccccc2)CC1.I. The summed E-state index contributed by atoms with van der Waals surface area (Å²) in [5.74, 6) is 3.51. The van der Waals surface area contributed by atoms with Crippen LogP contribution in [0.2, 0.25) is 0 Å². The van der Waals surface area contributed by atoms with Gasteiger partial charge in [0.25, 0.3) is 0 Å². The van der Waals surface area contributed by atoms with E-state index in [0.717, 1.165) is 69.6 Å². The molecule has 2 aromatic rings. The molecule has 6 nitrogen and oxygen atoms in total. The van der Waals surface area contributed by atoms with Gasteiger partial charge in [0.2, 0.25) is 0 Å². The van der Waals surface area contributed by atoms with Crippen molar-refractivity contribution in [1.29, 1.82) is 0 Å². The summed E-state index contributed by atoms with van der Waals surface area (Å²) < 4.78 is 11.5. The molecule has 2 aliphatic heterocycles. The first kappa shape index (κ1) is 25.5. The molecule has 4 rings (SSSR count). The Morgan fingerprint density at radius 1 is 1.00 bits per heavy atom. The molecular weight excluding hydrogens is 527 g/mol. The number of piperidine rings is 1. The Bertz CT molecular complexity index is 872. The highest BCUT2D eigenvalue weighted by Crippen LogP contribution is 2.27. The Hall–Kier alpha value is -2.16. The van der Waals surface area contributed by atoms with E-state index in [1.54, 1.807) is 7.11 Å². The number of ether oxygens (including phenoxy) is 2. The third-order valence-corrected chi connectivity index (χ3v) is 6.33. The number of benzene rings is 2. The highest BCUT2D eigenvalue weighted by atomic mass is 127. The van der Waals surface area contributed by atoms with E-state index in [4.69, 9.17) is 14.5 Å². The van der Waals surface area contributed by atoms with Crippen LogP contribution >= 0.6 is 24.0 Å². The van der Waals surface area contributed by atoms with Crippen LogP contribution in [0.5, 0.6) is 11.5 Å². The van der Waals surface area contributed by atoms with E-state index >= 15 is 0 Å². The first-order chi connectivity index (χ1) is 15.7. The summed E-state index contributed by atoms with van der Waals surface area (Å²) in [6.07, 6.45) is 3.49. The van der Waals surface area contributed by atoms with E-state index in [1.165, 1.54) is 12.1 Å². The molecule has 33 heavy (non-hydrogen) atoms. The zero-order chi connectivity index (χ0) is 22.2. The van der Waals surface area contributed by atoms with E-state index in [0.29, 0.717) is 5.92 Å². The summed E-state index contributed by atoms with van der Waals surface area (Å²) in [6, 6.07) is 18.5. The number of anilines is 1. The van der Waals surface area contributed by atoms with Crippen molar-refractivity contribution in [2.75, 3.05) is 51.3 Å². The predicted octanol–water partition coefficient (Wildman–Crippen LogP) is 4.65. The van der Waals surface area contributed by atoms with Gasteiger partial charge in [0.15, 0.2) is 5.96 Å². The van der Waals surface area contributed by atoms with Gasteiger partial charge in [-0.1, -0.05) is 24.3 Å². The molecular formula is C26H37IN4O2. The lowest BCUT2D eigenvalue weighted by Gasteiger charge is -2.34. The maximum Gasteiger partial charge on any atom is 0.193 e. The second kappa shape index (κ2) is 12.9. The van der Waals surface area contributed by atoms with E-state index in [2.05, 4.69) is 40.2 Å². The number of aliphatic imine (C=N–C) groups is 1. The molecule has 1 unspecified atom stereocenters. The van der Waals surface area contributed by atoms with Gasteiger partial charge in [0.1, 0.15) is 17.6 Å². The second-order valence-electron chi connectivity index (χ2n) is 8.61. The minimum Gasteiger partial charge on any atom is -0.497 e. The fourth-order valence-corrected chi connectivity index (χ4v) is 4.54. The average Bonchev–Trinajstić information content (AvgIpc) is 3.32. The normalized spacial score (nSPS) is 19.2. The van der Waals surface area contributed by atoms with Gasteiger partial charge in [0.05, 0.1) is 7.11 Å².